The molecule has 29 heavy (non-hydrogen) atoms. The van der Waals surface area contributed by atoms with Crippen LogP contribution in [0.4, 0.5) is 21.8 Å². The molecule has 0 saturated carbocycles. The van der Waals surface area contributed by atoms with Gasteiger partial charge in [0.1, 0.15) is 29.5 Å². The Balaban J connectivity index is 1.51. The maximum Gasteiger partial charge on any atom is 0.356 e. The van der Waals surface area contributed by atoms with Gasteiger partial charge < -0.3 is 15.0 Å². The second kappa shape index (κ2) is 8.26. The predicted molar refractivity (Wildman–Crippen MR) is 106 cm³/mol. The van der Waals surface area contributed by atoms with Crippen molar-refractivity contribution in [2.24, 2.45) is 0 Å². The molecule has 1 aliphatic rings. The maximum atomic E-state index is 13.3. The van der Waals surface area contributed by atoms with E-state index in [9.17, 15) is 9.18 Å². The Morgan fingerprint density at radius 2 is 2.10 bits per heavy atom. The van der Waals surface area contributed by atoms with Crippen LogP contribution >= 0.6 is 0 Å². The zero-order valence-corrected chi connectivity index (χ0v) is 15.9. The van der Waals surface area contributed by atoms with Gasteiger partial charge in [-0.3, -0.25) is 5.10 Å². The number of nitrogens with zero attached hydrogens (tertiary/aromatic N) is 4. The molecule has 1 aliphatic heterocycles. The molecule has 1 saturated heterocycles. The van der Waals surface area contributed by atoms with E-state index in [0.717, 1.165) is 30.8 Å². The van der Waals surface area contributed by atoms with E-state index in [1.54, 1.807) is 13.0 Å². The van der Waals surface area contributed by atoms with Crippen LogP contribution in [0.15, 0.2) is 42.7 Å². The Kier molecular flexibility index (Phi) is 5.37. The van der Waals surface area contributed by atoms with Crippen molar-refractivity contribution in [2.45, 2.75) is 25.8 Å². The van der Waals surface area contributed by atoms with Crippen LogP contribution in [0.25, 0.3) is 0 Å². The van der Waals surface area contributed by atoms with Crippen molar-refractivity contribution in [3.05, 3.63) is 59.8 Å². The van der Waals surface area contributed by atoms with Gasteiger partial charge in [0.15, 0.2) is 5.82 Å². The highest BCUT2D eigenvalue weighted by molar-refractivity contribution is 5.88. The fourth-order valence-electron chi connectivity index (χ4n) is 3.48. The van der Waals surface area contributed by atoms with Crippen LogP contribution in [-0.2, 0) is 4.74 Å². The number of H-pyrrole nitrogens is 1. The van der Waals surface area contributed by atoms with Gasteiger partial charge in [0.25, 0.3) is 0 Å². The monoisotopic (exact) mass is 396 g/mol. The van der Waals surface area contributed by atoms with E-state index < -0.39 is 5.97 Å². The number of anilines is 3. The van der Waals surface area contributed by atoms with Gasteiger partial charge in [0.2, 0.25) is 0 Å². The zero-order valence-electron chi connectivity index (χ0n) is 15.9. The first-order chi connectivity index (χ1) is 14.1. The third kappa shape index (κ3) is 4.18. The Morgan fingerprint density at radius 1 is 1.28 bits per heavy atom. The second-order valence-electron chi connectivity index (χ2n) is 6.68. The Labute approximate surface area is 167 Å². The molecule has 0 amide bonds. The molecule has 2 N–H and O–H groups in total. The number of rotatable bonds is 6. The van der Waals surface area contributed by atoms with E-state index in [-0.39, 0.29) is 17.6 Å². The Morgan fingerprint density at radius 3 is 2.90 bits per heavy atom. The third-order valence-corrected chi connectivity index (χ3v) is 4.78. The van der Waals surface area contributed by atoms with Gasteiger partial charge in [0, 0.05) is 18.7 Å². The van der Waals surface area contributed by atoms with Crippen LogP contribution in [-0.4, -0.2) is 39.3 Å². The predicted octanol–water partition coefficient (Wildman–Crippen LogP) is 3.60. The first-order valence-electron chi connectivity index (χ1n) is 9.47. The molecule has 3 aromatic rings. The molecule has 0 spiro atoms. The fraction of sp³-hybridized carbons (Fsp3) is 0.300. The number of halogens is 1. The second-order valence-corrected chi connectivity index (χ2v) is 6.68. The minimum Gasteiger partial charge on any atom is -0.461 e. The number of esters is 1. The largest absolute Gasteiger partial charge is 0.461 e. The molecule has 2 aromatic heterocycles. The molecule has 1 fully saturated rings. The first-order valence-corrected chi connectivity index (χ1v) is 9.47. The summed E-state index contributed by atoms with van der Waals surface area (Å²) in [6.07, 6.45) is 3.48. The molecule has 9 heteroatoms. The summed E-state index contributed by atoms with van der Waals surface area (Å²) in [6, 6.07) is 10.1. The third-order valence-electron chi connectivity index (χ3n) is 4.78. The van der Waals surface area contributed by atoms with Gasteiger partial charge in [0.05, 0.1) is 12.6 Å². The number of benzene rings is 1. The van der Waals surface area contributed by atoms with E-state index in [1.165, 1.54) is 18.5 Å². The maximum absolute atomic E-state index is 13.3. The minimum absolute atomic E-state index is 0.138. The molecule has 0 radical (unpaired) electrons. The lowest BCUT2D eigenvalue weighted by Gasteiger charge is -2.26. The van der Waals surface area contributed by atoms with E-state index in [0.29, 0.717) is 18.2 Å². The van der Waals surface area contributed by atoms with Crippen molar-refractivity contribution in [3.8, 4) is 0 Å². The summed E-state index contributed by atoms with van der Waals surface area (Å²) in [5.41, 5.74) is 1.32. The highest BCUT2D eigenvalue weighted by atomic mass is 19.1. The SMILES string of the molecule is CCOC(=O)c1cc(Nc2cc(N3CCCC3c3ccc(F)cc3)ncn2)n[nH]1. The van der Waals surface area contributed by atoms with E-state index in [2.05, 4.69) is 30.4 Å². The number of aromatic nitrogens is 4. The Bertz CT molecular complexity index is 991. The molecule has 4 rings (SSSR count). The molecule has 1 atom stereocenters. The molecule has 3 heterocycles. The summed E-state index contributed by atoms with van der Waals surface area (Å²) in [5, 5.41) is 9.78. The molecule has 8 nitrogen and oxygen atoms in total. The molecule has 1 aromatic carbocycles. The molecule has 0 bridgehead atoms. The molecular weight excluding hydrogens is 375 g/mol. The number of carbonyl (C=O) groups excluding carboxylic acids is 1. The van der Waals surface area contributed by atoms with E-state index >= 15 is 0 Å². The highest BCUT2D eigenvalue weighted by Crippen LogP contribution is 2.35. The molecule has 0 aliphatic carbocycles. The van der Waals surface area contributed by atoms with Crippen molar-refractivity contribution in [1.82, 2.24) is 20.2 Å². The van der Waals surface area contributed by atoms with Crippen LogP contribution in [0.3, 0.4) is 0 Å². The fourth-order valence-corrected chi connectivity index (χ4v) is 3.48. The van der Waals surface area contributed by atoms with Crippen LogP contribution in [0.1, 0.15) is 41.9 Å². The summed E-state index contributed by atoms with van der Waals surface area (Å²) in [7, 11) is 0. The van der Waals surface area contributed by atoms with Crippen molar-refractivity contribution in [2.75, 3.05) is 23.4 Å². The van der Waals surface area contributed by atoms with Crippen molar-refractivity contribution < 1.29 is 13.9 Å². The van der Waals surface area contributed by atoms with Crippen LogP contribution < -0.4 is 10.2 Å². The van der Waals surface area contributed by atoms with Crippen molar-refractivity contribution in [1.29, 1.82) is 0 Å². The average molecular weight is 396 g/mol. The first kappa shape index (κ1) is 18.9. The highest BCUT2D eigenvalue weighted by Gasteiger charge is 2.27. The lowest BCUT2D eigenvalue weighted by atomic mass is 10.0. The number of aromatic amines is 1. The molecule has 150 valence electrons. The summed E-state index contributed by atoms with van der Waals surface area (Å²) >= 11 is 0. The van der Waals surface area contributed by atoms with Gasteiger partial charge in [-0.05, 0) is 37.5 Å². The number of hydrogen-bond acceptors (Lipinski definition) is 7. The summed E-state index contributed by atoms with van der Waals surface area (Å²) in [5.74, 6) is 1.08. The summed E-state index contributed by atoms with van der Waals surface area (Å²) < 4.78 is 18.2. The van der Waals surface area contributed by atoms with Crippen molar-refractivity contribution in [3.63, 3.8) is 0 Å². The zero-order chi connectivity index (χ0) is 20.2. The van der Waals surface area contributed by atoms with E-state index in [1.807, 2.05) is 18.2 Å². The normalized spacial score (nSPS) is 16.1. The lowest BCUT2D eigenvalue weighted by molar-refractivity contribution is 0.0519. The Hall–Kier alpha value is -3.49. The standard InChI is InChI=1S/C20H21FN6O2/c1-2-29-20(28)15-10-18(26-25-15)24-17-11-19(23-12-22-17)27-9-3-4-16(27)13-5-7-14(21)8-6-13/h5-8,10-12,16H,2-4,9H2,1H3,(H2,22,23,24,25,26). The lowest BCUT2D eigenvalue weighted by Crippen LogP contribution is -2.23. The van der Waals surface area contributed by atoms with Gasteiger partial charge in [-0.15, -0.1) is 0 Å². The van der Waals surface area contributed by atoms with Crippen molar-refractivity contribution >= 4 is 23.4 Å². The van der Waals surface area contributed by atoms with Gasteiger partial charge in [-0.1, -0.05) is 12.1 Å². The quantitative estimate of drug-likeness (QED) is 0.615. The minimum atomic E-state index is -0.462. The van der Waals surface area contributed by atoms with Gasteiger partial charge in [-0.2, -0.15) is 5.10 Å². The van der Waals surface area contributed by atoms with Crippen LogP contribution in [0, 0.1) is 5.82 Å². The van der Waals surface area contributed by atoms with Crippen LogP contribution in [0.2, 0.25) is 0 Å². The summed E-state index contributed by atoms with van der Waals surface area (Å²) in [6.45, 7) is 2.89. The molecular formula is C20H21FN6O2. The number of carbonyl (C=O) groups is 1. The summed E-state index contributed by atoms with van der Waals surface area (Å²) in [4.78, 5) is 22.6. The van der Waals surface area contributed by atoms with Gasteiger partial charge >= 0.3 is 5.97 Å². The number of ether oxygens (including phenoxy) is 1. The smallest absolute Gasteiger partial charge is 0.356 e. The number of nitrogens with one attached hydrogen (secondary N) is 2. The topological polar surface area (TPSA) is 96.0 Å². The molecule has 1 unspecified atom stereocenters. The number of hydrogen-bond donors (Lipinski definition) is 2. The van der Waals surface area contributed by atoms with Gasteiger partial charge in [-0.25, -0.2) is 19.2 Å². The van der Waals surface area contributed by atoms with Crippen LogP contribution in [0.5, 0.6) is 0 Å². The average Bonchev–Trinajstić information content (AvgIpc) is 3.39. The van der Waals surface area contributed by atoms with E-state index in [4.69, 9.17) is 4.74 Å².